The van der Waals surface area contributed by atoms with Gasteiger partial charge in [-0.3, -0.25) is 24.8 Å². The number of benzene rings is 2. The predicted molar refractivity (Wildman–Crippen MR) is 138 cm³/mol. The summed E-state index contributed by atoms with van der Waals surface area (Å²) in [5.74, 6) is -2.85. The van der Waals surface area contributed by atoms with E-state index in [1.165, 1.54) is 24.8 Å². The molecule has 0 bridgehead atoms. The Labute approximate surface area is 215 Å². The number of hydrogen-bond acceptors (Lipinski definition) is 8. The summed E-state index contributed by atoms with van der Waals surface area (Å²) in [4.78, 5) is 44.2. The Bertz CT molecular complexity index is 1240. The Kier molecular flexibility index (Phi) is 8.13. The van der Waals surface area contributed by atoms with E-state index in [1.807, 2.05) is 18.2 Å². The number of non-ortho nitro benzene ring substituents is 1. The molecule has 1 saturated heterocycles. The van der Waals surface area contributed by atoms with Gasteiger partial charge < -0.3 is 9.47 Å². The standard InChI is InChI=1S/C28H31N3O6/c1-18-24(27(32)36-3)26(21-11-7-12-22(15-21)31(34)35)25(19(2)29-18)28(33)37-23-13-8-14-30(17-23)16-20-9-5-4-6-10-20/h4-7,9-12,15,23-24,26H,8,13-14,16-17H2,1-3H3. The average Bonchev–Trinajstić information content (AvgIpc) is 2.88. The molecule has 2 aliphatic rings. The summed E-state index contributed by atoms with van der Waals surface area (Å²) in [5, 5.41) is 11.5. The third-order valence-electron chi connectivity index (χ3n) is 6.93. The van der Waals surface area contributed by atoms with Crippen molar-refractivity contribution < 1.29 is 24.0 Å². The fourth-order valence-electron chi connectivity index (χ4n) is 5.24. The molecule has 2 aliphatic heterocycles. The molecule has 9 nitrogen and oxygen atoms in total. The van der Waals surface area contributed by atoms with Crippen LogP contribution in [0.1, 0.15) is 43.7 Å². The number of aliphatic imine (C=N–C) groups is 1. The van der Waals surface area contributed by atoms with Crippen LogP contribution in [0.2, 0.25) is 0 Å². The zero-order valence-electron chi connectivity index (χ0n) is 21.3. The highest BCUT2D eigenvalue weighted by molar-refractivity contribution is 6.07. The van der Waals surface area contributed by atoms with Crippen molar-refractivity contribution in [1.29, 1.82) is 0 Å². The highest BCUT2D eigenvalue weighted by Crippen LogP contribution is 2.41. The summed E-state index contributed by atoms with van der Waals surface area (Å²) in [6.45, 7) is 5.66. The Morgan fingerprint density at radius 2 is 1.89 bits per heavy atom. The first-order valence-electron chi connectivity index (χ1n) is 12.3. The summed E-state index contributed by atoms with van der Waals surface area (Å²) in [7, 11) is 1.27. The molecule has 9 heteroatoms. The maximum absolute atomic E-state index is 13.7. The van der Waals surface area contributed by atoms with Crippen molar-refractivity contribution in [2.75, 3.05) is 20.2 Å². The summed E-state index contributed by atoms with van der Waals surface area (Å²) < 4.78 is 11.0. The number of carbonyl (C=O) groups excluding carboxylic acids is 2. The van der Waals surface area contributed by atoms with Gasteiger partial charge in [0, 0.05) is 42.5 Å². The summed E-state index contributed by atoms with van der Waals surface area (Å²) in [6.07, 6.45) is 1.30. The number of methoxy groups -OCH3 is 1. The van der Waals surface area contributed by atoms with E-state index >= 15 is 0 Å². The molecule has 0 N–H and O–H groups in total. The summed E-state index contributed by atoms with van der Waals surface area (Å²) in [6, 6.07) is 16.1. The molecule has 3 unspecified atom stereocenters. The number of nitro benzene ring substituents is 1. The van der Waals surface area contributed by atoms with Crippen molar-refractivity contribution in [3.05, 3.63) is 87.1 Å². The lowest BCUT2D eigenvalue weighted by Crippen LogP contribution is -2.41. The number of likely N-dealkylation sites (tertiary alicyclic amines) is 1. The van der Waals surface area contributed by atoms with Gasteiger partial charge in [-0.25, -0.2) is 4.79 Å². The summed E-state index contributed by atoms with van der Waals surface area (Å²) in [5.41, 5.74) is 2.65. The number of rotatable bonds is 7. The molecule has 1 fully saturated rings. The Morgan fingerprint density at radius 3 is 2.59 bits per heavy atom. The number of allylic oxidation sites excluding steroid dienone is 1. The van der Waals surface area contributed by atoms with Gasteiger partial charge in [0.1, 0.15) is 12.0 Å². The molecule has 0 saturated carbocycles. The van der Waals surface area contributed by atoms with Gasteiger partial charge in [0.15, 0.2) is 0 Å². The highest BCUT2D eigenvalue weighted by atomic mass is 16.6. The molecular formula is C28H31N3O6. The summed E-state index contributed by atoms with van der Waals surface area (Å²) >= 11 is 0. The van der Waals surface area contributed by atoms with Crippen LogP contribution in [0.25, 0.3) is 0 Å². The van der Waals surface area contributed by atoms with Gasteiger partial charge in [-0.1, -0.05) is 42.5 Å². The fourth-order valence-corrected chi connectivity index (χ4v) is 5.24. The average molecular weight is 506 g/mol. The van der Waals surface area contributed by atoms with Gasteiger partial charge in [-0.05, 0) is 44.4 Å². The number of nitrogens with zero attached hydrogens (tertiary/aromatic N) is 3. The van der Waals surface area contributed by atoms with Crippen LogP contribution in [0.5, 0.6) is 0 Å². The Hall–Kier alpha value is -3.85. The van der Waals surface area contributed by atoms with Crippen LogP contribution in [-0.4, -0.2) is 53.8 Å². The molecule has 2 heterocycles. The highest BCUT2D eigenvalue weighted by Gasteiger charge is 2.43. The van der Waals surface area contributed by atoms with E-state index in [4.69, 9.17) is 9.47 Å². The second kappa shape index (κ2) is 11.5. The second-order valence-corrected chi connectivity index (χ2v) is 9.47. The zero-order chi connectivity index (χ0) is 26.5. The molecule has 4 rings (SSSR count). The molecule has 194 valence electrons. The van der Waals surface area contributed by atoms with Gasteiger partial charge in [0.25, 0.3) is 5.69 Å². The minimum Gasteiger partial charge on any atom is -0.468 e. The first-order valence-corrected chi connectivity index (χ1v) is 12.3. The molecule has 0 radical (unpaired) electrons. The van der Waals surface area contributed by atoms with Gasteiger partial charge >= 0.3 is 11.9 Å². The topological polar surface area (TPSA) is 111 Å². The van der Waals surface area contributed by atoms with Crippen molar-refractivity contribution in [3.63, 3.8) is 0 Å². The van der Waals surface area contributed by atoms with E-state index in [2.05, 4.69) is 22.0 Å². The molecule has 0 amide bonds. The lowest BCUT2D eigenvalue weighted by atomic mass is 9.75. The predicted octanol–water partition coefficient (Wildman–Crippen LogP) is 4.42. The molecule has 0 aromatic heterocycles. The third-order valence-corrected chi connectivity index (χ3v) is 6.93. The van der Waals surface area contributed by atoms with E-state index < -0.39 is 28.7 Å². The van der Waals surface area contributed by atoms with Crippen molar-refractivity contribution >= 4 is 23.3 Å². The smallest absolute Gasteiger partial charge is 0.336 e. The first kappa shape index (κ1) is 26.2. The van der Waals surface area contributed by atoms with E-state index in [0.717, 1.165) is 25.9 Å². The van der Waals surface area contributed by atoms with Gasteiger partial charge in [-0.2, -0.15) is 0 Å². The molecule has 2 aromatic rings. The van der Waals surface area contributed by atoms with Crippen molar-refractivity contribution in [2.24, 2.45) is 10.9 Å². The maximum atomic E-state index is 13.7. The lowest BCUT2D eigenvalue weighted by molar-refractivity contribution is -0.384. The van der Waals surface area contributed by atoms with E-state index in [1.54, 1.807) is 26.0 Å². The van der Waals surface area contributed by atoms with Crippen LogP contribution in [0, 0.1) is 16.0 Å². The number of esters is 2. The van der Waals surface area contributed by atoms with Gasteiger partial charge in [0.2, 0.25) is 0 Å². The lowest BCUT2D eigenvalue weighted by Gasteiger charge is -2.35. The van der Waals surface area contributed by atoms with Crippen molar-refractivity contribution in [1.82, 2.24) is 4.90 Å². The van der Waals surface area contributed by atoms with Crippen LogP contribution in [0.15, 0.2) is 70.9 Å². The van der Waals surface area contributed by atoms with Crippen molar-refractivity contribution in [2.45, 2.75) is 45.3 Å². The number of piperidine rings is 1. The van der Waals surface area contributed by atoms with E-state index in [0.29, 0.717) is 23.5 Å². The zero-order valence-corrected chi connectivity index (χ0v) is 21.3. The van der Waals surface area contributed by atoms with E-state index in [9.17, 15) is 19.7 Å². The first-order chi connectivity index (χ1) is 17.8. The Morgan fingerprint density at radius 1 is 1.14 bits per heavy atom. The largest absolute Gasteiger partial charge is 0.468 e. The number of nitro groups is 1. The van der Waals surface area contributed by atoms with Crippen LogP contribution in [0.4, 0.5) is 5.69 Å². The van der Waals surface area contributed by atoms with Crippen LogP contribution in [-0.2, 0) is 25.6 Å². The minimum atomic E-state index is -0.904. The maximum Gasteiger partial charge on any atom is 0.336 e. The quantitative estimate of drug-likeness (QED) is 0.311. The number of hydrogen-bond donors (Lipinski definition) is 0. The Balaban J connectivity index is 1.62. The fraction of sp³-hybridized carbons (Fsp3) is 0.393. The molecule has 3 atom stereocenters. The molecule has 2 aromatic carbocycles. The third kappa shape index (κ3) is 5.94. The van der Waals surface area contributed by atoms with E-state index in [-0.39, 0.29) is 17.4 Å². The molecule has 37 heavy (non-hydrogen) atoms. The monoisotopic (exact) mass is 505 g/mol. The second-order valence-electron chi connectivity index (χ2n) is 9.47. The SMILES string of the molecule is COC(=O)C1C(C)=NC(C)=C(C(=O)OC2CCCN(Cc3ccccc3)C2)C1c1cccc([N+](=O)[O-])c1. The van der Waals surface area contributed by atoms with Crippen molar-refractivity contribution in [3.8, 4) is 0 Å². The normalized spacial score (nSPS) is 22.2. The number of carbonyl (C=O) groups is 2. The molecular weight excluding hydrogens is 474 g/mol. The van der Waals surface area contributed by atoms with Crippen LogP contribution < -0.4 is 0 Å². The number of ether oxygens (including phenoxy) is 2. The molecule has 0 spiro atoms. The van der Waals surface area contributed by atoms with Gasteiger partial charge in [-0.15, -0.1) is 0 Å². The van der Waals surface area contributed by atoms with Crippen LogP contribution in [0.3, 0.4) is 0 Å². The van der Waals surface area contributed by atoms with Crippen LogP contribution >= 0.6 is 0 Å². The van der Waals surface area contributed by atoms with Gasteiger partial charge in [0.05, 0.1) is 17.6 Å². The molecule has 0 aliphatic carbocycles. The minimum absolute atomic E-state index is 0.129.